The molecule has 0 N–H and O–H groups in total. The molecule has 0 spiro atoms. The minimum Gasteiger partial charge on any atom is -0.339 e. The Labute approximate surface area is 136 Å². The molecule has 0 saturated carbocycles. The summed E-state index contributed by atoms with van der Waals surface area (Å²) in [6.45, 7) is 3.54. The van der Waals surface area contributed by atoms with Crippen LogP contribution in [0.25, 0.3) is 0 Å². The van der Waals surface area contributed by atoms with Crippen LogP contribution in [0.1, 0.15) is 39.1 Å². The summed E-state index contributed by atoms with van der Waals surface area (Å²) in [6.07, 6.45) is 1.93. The third-order valence-electron chi connectivity index (χ3n) is 3.78. The standard InChI is InChI=1S/C15H16BrN3OS/c1-10-17-18-14(21-10)11-6-8-19(9-7-11)15(20)12-4-2-3-5-13(12)16/h2-5,11H,6-9H2,1H3. The first-order valence-electron chi connectivity index (χ1n) is 6.99. The molecule has 21 heavy (non-hydrogen) atoms. The molecule has 1 aromatic heterocycles. The van der Waals surface area contributed by atoms with Gasteiger partial charge >= 0.3 is 0 Å². The largest absolute Gasteiger partial charge is 0.339 e. The summed E-state index contributed by atoms with van der Waals surface area (Å²) in [6, 6.07) is 7.59. The fourth-order valence-corrected chi connectivity index (χ4v) is 3.93. The topological polar surface area (TPSA) is 46.1 Å². The molecule has 1 aliphatic rings. The molecule has 6 heteroatoms. The van der Waals surface area contributed by atoms with Gasteiger partial charge in [-0.15, -0.1) is 21.5 Å². The molecular formula is C15H16BrN3OS. The third-order valence-corrected chi connectivity index (χ3v) is 5.47. The van der Waals surface area contributed by atoms with Crippen molar-refractivity contribution in [3.8, 4) is 0 Å². The first-order chi connectivity index (χ1) is 10.1. The maximum atomic E-state index is 12.5. The van der Waals surface area contributed by atoms with Crippen molar-refractivity contribution in [2.45, 2.75) is 25.7 Å². The highest BCUT2D eigenvalue weighted by Crippen LogP contribution is 2.31. The number of halogens is 1. The number of aromatic nitrogens is 2. The Balaban J connectivity index is 1.66. The summed E-state index contributed by atoms with van der Waals surface area (Å²) in [5, 5.41) is 10.4. The van der Waals surface area contributed by atoms with Gasteiger partial charge in [0.2, 0.25) is 0 Å². The van der Waals surface area contributed by atoms with E-state index in [1.807, 2.05) is 36.1 Å². The Morgan fingerprint density at radius 2 is 2.00 bits per heavy atom. The van der Waals surface area contributed by atoms with Gasteiger partial charge in [-0.05, 0) is 47.8 Å². The number of aryl methyl sites for hydroxylation is 1. The second-order valence-corrected chi connectivity index (χ2v) is 7.27. The van der Waals surface area contributed by atoms with E-state index in [1.54, 1.807) is 11.3 Å². The maximum absolute atomic E-state index is 12.5. The molecule has 110 valence electrons. The summed E-state index contributed by atoms with van der Waals surface area (Å²) in [5.74, 6) is 0.550. The minimum atomic E-state index is 0.106. The fourth-order valence-electron chi connectivity index (χ4n) is 2.61. The highest BCUT2D eigenvalue weighted by molar-refractivity contribution is 9.10. The number of carbonyl (C=O) groups excluding carboxylic acids is 1. The van der Waals surface area contributed by atoms with Crippen LogP contribution in [-0.2, 0) is 0 Å². The summed E-state index contributed by atoms with van der Waals surface area (Å²) in [5.41, 5.74) is 0.739. The molecule has 4 nitrogen and oxygen atoms in total. The molecular weight excluding hydrogens is 350 g/mol. The predicted molar refractivity (Wildman–Crippen MR) is 86.7 cm³/mol. The Morgan fingerprint density at radius 1 is 1.29 bits per heavy atom. The number of rotatable bonds is 2. The van der Waals surface area contributed by atoms with Crippen molar-refractivity contribution in [1.82, 2.24) is 15.1 Å². The van der Waals surface area contributed by atoms with Gasteiger partial charge in [0, 0.05) is 23.5 Å². The molecule has 0 radical (unpaired) electrons. The Kier molecular flexibility index (Phi) is 4.35. The zero-order chi connectivity index (χ0) is 14.8. The van der Waals surface area contributed by atoms with Crippen molar-refractivity contribution >= 4 is 33.2 Å². The molecule has 2 heterocycles. The Morgan fingerprint density at radius 3 is 2.62 bits per heavy atom. The molecule has 2 aromatic rings. The van der Waals surface area contributed by atoms with E-state index in [0.29, 0.717) is 5.92 Å². The number of carbonyl (C=O) groups is 1. The SMILES string of the molecule is Cc1nnc(C2CCN(C(=O)c3ccccc3Br)CC2)s1. The van der Waals surface area contributed by atoms with Crippen molar-refractivity contribution in [3.63, 3.8) is 0 Å². The predicted octanol–water partition coefficient (Wildman–Crippen LogP) is 3.63. The molecule has 0 atom stereocenters. The van der Waals surface area contributed by atoms with Crippen LogP contribution in [0.2, 0.25) is 0 Å². The maximum Gasteiger partial charge on any atom is 0.254 e. The number of benzene rings is 1. The van der Waals surface area contributed by atoms with E-state index >= 15 is 0 Å². The molecule has 0 unspecified atom stereocenters. The highest BCUT2D eigenvalue weighted by atomic mass is 79.9. The first kappa shape index (κ1) is 14.7. The lowest BCUT2D eigenvalue weighted by atomic mass is 9.97. The zero-order valence-corrected chi connectivity index (χ0v) is 14.2. The number of amides is 1. The number of hydrogen-bond donors (Lipinski definition) is 0. The van der Waals surface area contributed by atoms with Crippen LogP contribution in [0.3, 0.4) is 0 Å². The van der Waals surface area contributed by atoms with E-state index in [4.69, 9.17) is 0 Å². The quantitative estimate of drug-likeness (QED) is 0.816. The summed E-state index contributed by atoms with van der Waals surface area (Å²) in [4.78, 5) is 14.5. The average molecular weight is 366 g/mol. The second-order valence-electron chi connectivity index (χ2n) is 5.21. The van der Waals surface area contributed by atoms with Crippen LogP contribution in [0.4, 0.5) is 0 Å². The van der Waals surface area contributed by atoms with Gasteiger partial charge in [-0.2, -0.15) is 0 Å². The van der Waals surface area contributed by atoms with Crippen LogP contribution in [0.5, 0.6) is 0 Å². The lowest BCUT2D eigenvalue weighted by Crippen LogP contribution is -2.38. The van der Waals surface area contributed by atoms with Crippen molar-refractivity contribution in [1.29, 1.82) is 0 Å². The lowest BCUT2D eigenvalue weighted by molar-refractivity contribution is 0.0712. The number of piperidine rings is 1. The van der Waals surface area contributed by atoms with Gasteiger partial charge in [-0.25, -0.2) is 0 Å². The zero-order valence-electron chi connectivity index (χ0n) is 11.8. The van der Waals surface area contributed by atoms with Crippen LogP contribution < -0.4 is 0 Å². The number of hydrogen-bond acceptors (Lipinski definition) is 4. The summed E-state index contributed by atoms with van der Waals surface area (Å²) < 4.78 is 0.858. The summed E-state index contributed by atoms with van der Waals surface area (Å²) in [7, 11) is 0. The van der Waals surface area contributed by atoms with Crippen LogP contribution in [0.15, 0.2) is 28.7 Å². The van der Waals surface area contributed by atoms with E-state index < -0.39 is 0 Å². The number of nitrogens with zero attached hydrogens (tertiary/aromatic N) is 3. The first-order valence-corrected chi connectivity index (χ1v) is 8.60. The van der Waals surface area contributed by atoms with Crippen LogP contribution in [-0.4, -0.2) is 34.1 Å². The Hall–Kier alpha value is -1.27. The normalized spacial score (nSPS) is 16.2. The van der Waals surface area contributed by atoms with E-state index in [2.05, 4.69) is 26.1 Å². The van der Waals surface area contributed by atoms with Gasteiger partial charge < -0.3 is 4.90 Å². The molecule has 1 amide bonds. The van der Waals surface area contributed by atoms with Gasteiger partial charge in [-0.3, -0.25) is 4.79 Å². The highest BCUT2D eigenvalue weighted by Gasteiger charge is 2.27. The Bertz CT molecular complexity index is 650. The molecule has 1 saturated heterocycles. The van der Waals surface area contributed by atoms with Gasteiger partial charge in [0.05, 0.1) is 5.56 Å². The van der Waals surface area contributed by atoms with Crippen LogP contribution in [0, 0.1) is 6.92 Å². The van der Waals surface area contributed by atoms with Crippen LogP contribution >= 0.6 is 27.3 Å². The van der Waals surface area contributed by atoms with Crippen molar-refractivity contribution in [3.05, 3.63) is 44.3 Å². The summed E-state index contributed by atoms with van der Waals surface area (Å²) >= 11 is 5.12. The van der Waals surface area contributed by atoms with E-state index in [9.17, 15) is 4.79 Å². The van der Waals surface area contributed by atoms with E-state index in [1.165, 1.54) is 0 Å². The third kappa shape index (κ3) is 3.16. The molecule has 0 aliphatic carbocycles. The van der Waals surface area contributed by atoms with E-state index in [-0.39, 0.29) is 5.91 Å². The van der Waals surface area contributed by atoms with Gasteiger partial charge in [0.15, 0.2) is 0 Å². The van der Waals surface area contributed by atoms with Gasteiger partial charge in [0.25, 0.3) is 5.91 Å². The second kappa shape index (κ2) is 6.23. The average Bonchev–Trinajstić information content (AvgIpc) is 2.94. The molecule has 3 rings (SSSR count). The molecule has 1 fully saturated rings. The monoisotopic (exact) mass is 365 g/mol. The molecule has 1 aliphatic heterocycles. The van der Waals surface area contributed by atoms with Gasteiger partial charge in [0.1, 0.15) is 10.0 Å². The van der Waals surface area contributed by atoms with Crippen molar-refractivity contribution in [2.24, 2.45) is 0 Å². The molecule has 0 bridgehead atoms. The number of likely N-dealkylation sites (tertiary alicyclic amines) is 1. The molecule has 1 aromatic carbocycles. The van der Waals surface area contributed by atoms with Crippen molar-refractivity contribution in [2.75, 3.05) is 13.1 Å². The lowest BCUT2D eigenvalue weighted by Gasteiger charge is -2.31. The minimum absolute atomic E-state index is 0.106. The van der Waals surface area contributed by atoms with Crippen molar-refractivity contribution < 1.29 is 4.79 Å². The fraction of sp³-hybridized carbons (Fsp3) is 0.400. The smallest absolute Gasteiger partial charge is 0.254 e. The van der Waals surface area contributed by atoms with Gasteiger partial charge in [-0.1, -0.05) is 12.1 Å². The van der Waals surface area contributed by atoms with E-state index in [0.717, 1.165) is 46.0 Å².